The molecule has 3 N–H and O–H groups in total. The molecule has 172 valence electrons. The third-order valence-corrected chi connectivity index (χ3v) is 6.65. The highest BCUT2D eigenvalue weighted by molar-refractivity contribution is 7.99. The van der Waals surface area contributed by atoms with E-state index in [0.717, 1.165) is 23.9 Å². The first-order valence-electron chi connectivity index (χ1n) is 9.68. The quantitative estimate of drug-likeness (QED) is 0.494. The summed E-state index contributed by atoms with van der Waals surface area (Å²) in [6.07, 6.45) is -2.31. The van der Waals surface area contributed by atoms with Crippen LogP contribution in [0, 0.1) is 23.0 Å². The van der Waals surface area contributed by atoms with Gasteiger partial charge in [0.05, 0.1) is 23.4 Å². The smallest absolute Gasteiger partial charge is 0.159 e. The zero-order valence-electron chi connectivity index (χ0n) is 16.7. The van der Waals surface area contributed by atoms with Gasteiger partial charge in [-0.25, -0.2) is 13.5 Å². The molecule has 1 aliphatic rings. The van der Waals surface area contributed by atoms with Gasteiger partial charge in [-0.15, -0.1) is 5.10 Å². The molecule has 0 aliphatic carbocycles. The predicted molar refractivity (Wildman–Crippen MR) is 114 cm³/mol. The summed E-state index contributed by atoms with van der Waals surface area (Å²) >= 11 is 7.17. The van der Waals surface area contributed by atoms with E-state index in [1.165, 1.54) is 23.0 Å². The molecule has 4 rings (SSSR count). The Morgan fingerprint density at radius 1 is 1.15 bits per heavy atom. The van der Waals surface area contributed by atoms with Crippen molar-refractivity contribution in [3.63, 3.8) is 0 Å². The van der Waals surface area contributed by atoms with E-state index in [0.29, 0.717) is 10.5 Å². The van der Waals surface area contributed by atoms with E-state index < -0.39 is 48.0 Å². The van der Waals surface area contributed by atoms with Crippen molar-refractivity contribution in [3.8, 4) is 17.3 Å². The van der Waals surface area contributed by atoms with Gasteiger partial charge in [-0.3, -0.25) is 0 Å². The molecule has 33 heavy (non-hydrogen) atoms. The number of ether oxygens (including phenoxy) is 1. The van der Waals surface area contributed by atoms with Crippen LogP contribution in [0.15, 0.2) is 47.5 Å². The van der Waals surface area contributed by atoms with Gasteiger partial charge in [0.25, 0.3) is 0 Å². The molecule has 8 nitrogen and oxygen atoms in total. The molecule has 0 saturated carbocycles. The van der Waals surface area contributed by atoms with E-state index in [9.17, 15) is 24.1 Å². The number of aromatic nitrogens is 3. The molecule has 0 bridgehead atoms. The third-order valence-electron chi connectivity index (χ3n) is 5.19. The topological polar surface area (TPSA) is 124 Å². The fourth-order valence-electron chi connectivity index (χ4n) is 3.48. The van der Waals surface area contributed by atoms with E-state index >= 15 is 0 Å². The van der Waals surface area contributed by atoms with E-state index in [1.54, 1.807) is 12.1 Å². The maximum atomic E-state index is 13.6. The lowest BCUT2D eigenvalue weighted by Gasteiger charge is -2.41. The highest BCUT2D eigenvalue weighted by Gasteiger charge is 2.46. The van der Waals surface area contributed by atoms with Crippen molar-refractivity contribution in [1.82, 2.24) is 15.0 Å². The van der Waals surface area contributed by atoms with Crippen molar-refractivity contribution >= 4 is 23.4 Å². The fraction of sp³-hybridized carbons (Fsp3) is 0.286. The fourth-order valence-corrected chi connectivity index (χ4v) is 4.87. The van der Waals surface area contributed by atoms with Gasteiger partial charge in [0.1, 0.15) is 41.6 Å². The summed E-state index contributed by atoms with van der Waals surface area (Å²) in [7, 11) is 0. The largest absolute Gasteiger partial charge is 0.394 e. The Balaban J connectivity index is 1.62. The molecule has 1 aliphatic heterocycles. The summed E-state index contributed by atoms with van der Waals surface area (Å²) in [6.45, 7) is -0.527. The zero-order chi connectivity index (χ0) is 23.7. The van der Waals surface area contributed by atoms with Crippen molar-refractivity contribution in [2.75, 3.05) is 6.61 Å². The average Bonchev–Trinajstić information content (AvgIpc) is 3.27. The second-order valence-corrected chi connectivity index (χ2v) is 8.86. The van der Waals surface area contributed by atoms with Crippen molar-refractivity contribution in [3.05, 3.63) is 64.8 Å². The lowest BCUT2D eigenvalue weighted by Crippen LogP contribution is -2.55. The van der Waals surface area contributed by atoms with Crippen LogP contribution in [0.2, 0.25) is 5.02 Å². The van der Waals surface area contributed by atoms with Gasteiger partial charge in [0.15, 0.2) is 11.6 Å². The lowest BCUT2D eigenvalue weighted by atomic mass is 9.97. The molecule has 0 radical (unpaired) electrons. The summed E-state index contributed by atoms with van der Waals surface area (Å²) in [4.78, 5) is 0.593. The van der Waals surface area contributed by atoms with Crippen molar-refractivity contribution in [1.29, 1.82) is 5.26 Å². The van der Waals surface area contributed by atoms with Gasteiger partial charge in [-0.2, -0.15) is 5.26 Å². The molecule has 0 unspecified atom stereocenters. The normalized spacial score (nSPS) is 25.1. The highest BCUT2D eigenvalue weighted by Crippen LogP contribution is 2.39. The molecule has 0 amide bonds. The molecule has 1 aromatic heterocycles. The summed E-state index contributed by atoms with van der Waals surface area (Å²) in [6, 6.07) is 8.85. The van der Waals surface area contributed by atoms with Crippen LogP contribution in [-0.2, 0) is 4.74 Å². The minimum atomic E-state index is -1.34. The first-order chi connectivity index (χ1) is 15.8. The second-order valence-electron chi connectivity index (χ2n) is 7.28. The third kappa shape index (κ3) is 4.72. The SMILES string of the molecule is N#Cc1ccc(S[C@H]2O[C@H](CO)[C@H](O)[C@H](n3cc(-c4ccc(F)c(F)c4)nn3)[C@H]2O)cc1Cl. The molecular weight excluding hydrogens is 478 g/mol. The Morgan fingerprint density at radius 3 is 2.61 bits per heavy atom. The first kappa shape index (κ1) is 23.6. The Labute approximate surface area is 196 Å². The van der Waals surface area contributed by atoms with E-state index in [2.05, 4.69) is 10.3 Å². The minimum Gasteiger partial charge on any atom is -0.394 e. The Bertz CT molecular complexity index is 1210. The number of aliphatic hydroxyl groups excluding tert-OH is 3. The monoisotopic (exact) mass is 494 g/mol. The Kier molecular flexibility index (Phi) is 6.94. The van der Waals surface area contributed by atoms with Crippen LogP contribution < -0.4 is 0 Å². The number of nitrogens with zero attached hydrogens (tertiary/aromatic N) is 4. The van der Waals surface area contributed by atoms with Gasteiger partial charge >= 0.3 is 0 Å². The Hall–Kier alpha value is -2.59. The second kappa shape index (κ2) is 9.72. The Morgan fingerprint density at radius 2 is 1.94 bits per heavy atom. The maximum Gasteiger partial charge on any atom is 0.159 e. The summed E-state index contributed by atoms with van der Waals surface area (Å²) in [5.74, 6) is -2.05. The molecule has 3 aromatic rings. The molecule has 0 spiro atoms. The number of rotatable bonds is 5. The van der Waals surface area contributed by atoms with Crippen LogP contribution in [-0.4, -0.2) is 60.7 Å². The minimum absolute atomic E-state index is 0.198. The summed E-state index contributed by atoms with van der Waals surface area (Å²) in [5.41, 5.74) is -0.188. The van der Waals surface area contributed by atoms with Gasteiger partial charge < -0.3 is 20.1 Å². The summed E-state index contributed by atoms with van der Waals surface area (Å²) in [5, 5.41) is 48.5. The zero-order valence-corrected chi connectivity index (χ0v) is 18.3. The molecular formula is C21H17ClF2N4O4S. The van der Waals surface area contributed by atoms with Gasteiger partial charge in [-0.05, 0) is 36.4 Å². The number of nitriles is 1. The van der Waals surface area contributed by atoms with Crippen LogP contribution in [0.25, 0.3) is 11.3 Å². The van der Waals surface area contributed by atoms with Crippen LogP contribution in [0.5, 0.6) is 0 Å². The number of benzene rings is 2. The van der Waals surface area contributed by atoms with Crippen LogP contribution in [0.4, 0.5) is 8.78 Å². The van der Waals surface area contributed by atoms with E-state index in [1.807, 2.05) is 6.07 Å². The number of aliphatic hydroxyl groups is 3. The van der Waals surface area contributed by atoms with Gasteiger partial charge in [0, 0.05) is 10.5 Å². The van der Waals surface area contributed by atoms with Gasteiger partial charge in [-0.1, -0.05) is 28.6 Å². The molecule has 2 heterocycles. The van der Waals surface area contributed by atoms with Crippen molar-refractivity contribution in [2.45, 2.75) is 34.7 Å². The molecule has 12 heteroatoms. The van der Waals surface area contributed by atoms with E-state index in [4.69, 9.17) is 21.6 Å². The van der Waals surface area contributed by atoms with Crippen molar-refractivity contribution < 1.29 is 28.8 Å². The number of hydrogen-bond donors (Lipinski definition) is 3. The van der Waals surface area contributed by atoms with Crippen LogP contribution >= 0.6 is 23.4 Å². The number of halogens is 3. The number of hydrogen-bond acceptors (Lipinski definition) is 8. The maximum absolute atomic E-state index is 13.6. The molecule has 5 atom stereocenters. The predicted octanol–water partition coefficient (Wildman–Crippen LogP) is 2.52. The molecule has 1 saturated heterocycles. The molecule has 1 fully saturated rings. The van der Waals surface area contributed by atoms with Gasteiger partial charge in [0.2, 0.25) is 0 Å². The van der Waals surface area contributed by atoms with Crippen LogP contribution in [0.3, 0.4) is 0 Å². The van der Waals surface area contributed by atoms with Crippen molar-refractivity contribution in [2.24, 2.45) is 0 Å². The molecule has 2 aromatic carbocycles. The van der Waals surface area contributed by atoms with E-state index in [-0.39, 0.29) is 16.3 Å². The lowest BCUT2D eigenvalue weighted by molar-refractivity contribution is -0.178. The summed E-state index contributed by atoms with van der Waals surface area (Å²) < 4.78 is 33.7. The first-order valence-corrected chi connectivity index (χ1v) is 10.9. The van der Waals surface area contributed by atoms with Crippen LogP contribution in [0.1, 0.15) is 11.6 Å². The highest BCUT2D eigenvalue weighted by atomic mass is 35.5. The number of thioether (sulfide) groups is 1. The average molecular weight is 495 g/mol. The standard InChI is InChI=1S/C21H17ClF2N4O4S/c22-13-6-12(3-1-11(13)7-25)33-21-20(31)18(19(30)17(9-29)32-21)28-8-16(26-27-28)10-2-4-14(23)15(24)5-10/h1-6,8,17-21,29-31H,9H2/t17-,18+,19+,20-,21-/m1/s1.